The number of para-hydroxylation sites is 1. The fourth-order valence-corrected chi connectivity index (χ4v) is 4.51. The summed E-state index contributed by atoms with van der Waals surface area (Å²) in [5.41, 5.74) is -0.388. The predicted octanol–water partition coefficient (Wildman–Crippen LogP) is 3.16. The second-order valence-electron chi connectivity index (χ2n) is 6.14. The Hall–Kier alpha value is -2.98. The number of hydrogen-bond donors (Lipinski definition) is 0. The first-order valence-corrected chi connectivity index (χ1v) is 10.7. The number of hydrogen-bond acceptors (Lipinski definition) is 8. The summed E-state index contributed by atoms with van der Waals surface area (Å²) in [5, 5.41) is 11.7. The van der Waals surface area contributed by atoms with Gasteiger partial charge in [-0.2, -0.15) is 0 Å². The maximum absolute atomic E-state index is 13.0. The Balaban J connectivity index is 2.14. The smallest absolute Gasteiger partial charge is 0.281 e. The second kappa shape index (κ2) is 7.21. The highest BCUT2D eigenvalue weighted by Crippen LogP contribution is 2.33. The van der Waals surface area contributed by atoms with E-state index in [1.807, 2.05) is 0 Å². The van der Waals surface area contributed by atoms with Crippen molar-refractivity contribution in [2.24, 2.45) is 0 Å². The molecule has 144 valence electrons. The van der Waals surface area contributed by atoms with Crippen LogP contribution in [0, 0.1) is 10.1 Å². The molecule has 0 aliphatic carbocycles. The zero-order valence-corrected chi connectivity index (χ0v) is 16.4. The molecule has 28 heavy (non-hydrogen) atoms. The van der Waals surface area contributed by atoms with E-state index < -0.39 is 37.9 Å². The van der Waals surface area contributed by atoms with Crippen molar-refractivity contribution >= 4 is 48.6 Å². The quantitative estimate of drug-likeness (QED) is 0.261. The van der Waals surface area contributed by atoms with Gasteiger partial charge in [0.05, 0.1) is 25.6 Å². The van der Waals surface area contributed by atoms with Crippen LogP contribution < -0.4 is 0 Å². The standard InChI is InChI=1S/C18H14N2O6S2/c1-10(21)16(18-19-13-5-3-4-6-15(13)27-18)17(22)12-8-7-11(28(2,25)26)9-14(12)20(23)24/h3-9,16H,1-2H3. The minimum absolute atomic E-state index is 0.236. The molecule has 0 amide bonds. The average molecular weight is 418 g/mol. The summed E-state index contributed by atoms with van der Waals surface area (Å²) < 4.78 is 24.1. The summed E-state index contributed by atoms with van der Waals surface area (Å²) in [5.74, 6) is -2.61. The second-order valence-corrected chi connectivity index (χ2v) is 9.21. The molecule has 0 saturated heterocycles. The molecule has 10 heteroatoms. The van der Waals surface area contributed by atoms with Gasteiger partial charge in [0.1, 0.15) is 16.7 Å². The van der Waals surface area contributed by atoms with Gasteiger partial charge in [-0.25, -0.2) is 13.4 Å². The molecule has 0 radical (unpaired) electrons. The number of fused-ring (bicyclic) bond motifs is 1. The van der Waals surface area contributed by atoms with E-state index in [2.05, 4.69) is 4.98 Å². The van der Waals surface area contributed by atoms with E-state index in [1.165, 1.54) is 6.92 Å². The topological polar surface area (TPSA) is 124 Å². The van der Waals surface area contributed by atoms with Crippen molar-refractivity contribution in [1.82, 2.24) is 4.98 Å². The number of ketones is 2. The average Bonchev–Trinajstić information content (AvgIpc) is 3.03. The van der Waals surface area contributed by atoms with Crippen LogP contribution in [-0.2, 0) is 14.6 Å². The monoisotopic (exact) mass is 418 g/mol. The number of nitro benzene ring substituents is 1. The predicted molar refractivity (Wildman–Crippen MR) is 104 cm³/mol. The summed E-state index contributed by atoms with van der Waals surface area (Å²) in [6.45, 7) is 1.21. The van der Waals surface area contributed by atoms with Gasteiger partial charge in [0.15, 0.2) is 15.6 Å². The Morgan fingerprint density at radius 2 is 1.86 bits per heavy atom. The van der Waals surface area contributed by atoms with Gasteiger partial charge >= 0.3 is 0 Å². The van der Waals surface area contributed by atoms with Gasteiger partial charge in [0, 0.05) is 12.3 Å². The number of nitrogens with zero attached hydrogens (tertiary/aromatic N) is 2. The molecule has 2 aromatic carbocycles. The van der Waals surface area contributed by atoms with Gasteiger partial charge in [-0.05, 0) is 31.2 Å². The van der Waals surface area contributed by atoms with Crippen molar-refractivity contribution in [3.8, 4) is 0 Å². The molecule has 0 spiro atoms. The lowest BCUT2D eigenvalue weighted by Crippen LogP contribution is -2.21. The van der Waals surface area contributed by atoms with E-state index >= 15 is 0 Å². The highest BCUT2D eigenvalue weighted by molar-refractivity contribution is 7.90. The van der Waals surface area contributed by atoms with E-state index in [9.17, 15) is 28.1 Å². The van der Waals surface area contributed by atoms with Gasteiger partial charge in [-0.1, -0.05) is 12.1 Å². The van der Waals surface area contributed by atoms with E-state index in [0.29, 0.717) is 5.52 Å². The van der Waals surface area contributed by atoms with E-state index in [1.54, 1.807) is 24.3 Å². The van der Waals surface area contributed by atoms with Crippen molar-refractivity contribution in [1.29, 1.82) is 0 Å². The Labute approximate surface area is 163 Å². The molecular weight excluding hydrogens is 404 g/mol. The summed E-state index contributed by atoms with van der Waals surface area (Å²) in [4.78, 5) is 39.9. The first-order chi connectivity index (χ1) is 13.1. The summed E-state index contributed by atoms with van der Waals surface area (Å²) in [6, 6.07) is 10.1. The van der Waals surface area contributed by atoms with Crippen molar-refractivity contribution in [3.63, 3.8) is 0 Å². The van der Waals surface area contributed by atoms with E-state index in [0.717, 1.165) is 40.5 Å². The van der Waals surface area contributed by atoms with Crippen LogP contribution in [0.15, 0.2) is 47.4 Å². The van der Waals surface area contributed by atoms with Crippen LogP contribution in [0.25, 0.3) is 10.2 Å². The molecule has 3 rings (SSSR count). The minimum Gasteiger partial charge on any atom is -0.299 e. The number of aromatic nitrogens is 1. The molecule has 0 aliphatic heterocycles. The fourth-order valence-electron chi connectivity index (χ4n) is 2.74. The van der Waals surface area contributed by atoms with Crippen molar-refractivity contribution in [2.45, 2.75) is 17.7 Å². The molecule has 1 aromatic heterocycles. The number of nitro groups is 1. The molecule has 0 saturated carbocycles. The van der Waals surface area contributed by atoms with Crippen molar-refractivity contribution in [3.05, 3.63) is 63.1 Å². The molecule has 1 unspecified atom stereocenters. The lowest BCUT2D eigenvalue weighted by Gasteiger charge is -2.11. The fraction of sp³-hybridized carbons (Fsp3) is 0.167. The highest BCUT2D eigenvalue weighted by atomic mass is 32.2. The van der Waals surface area contributed by atoms with E-state index in [-0.39, 0.29) is 15.5 Å². The lowest BCUT2D eigenvalue weighted by atomic mass is 9.94. The zero-order valence-electron chi connectivity index (χ0n) is 14.8. The molecule has 0 fully saturated rings. The minimum atomic E-state index is -3.70. The number of thiazole rings is 1. The Kier molecular flexibility index (Phi) is 5.09. The Bertz CT molecular complexity index is 1200. The van der Waals surface area contributed by atoms with Crippen LogP contribution in [0.2, 0.25) is 0 Å². The molecule has 8 nitrogen and oxygen atoms in total. The highest BCUT2D eigenvalue weighted by Gasteiger charge is 2.34. The zero-order chi connectivity index (χ0) is 20.6. The van der Waals surface area contributed by atoms with Crippen LogP contribution in [0.5, 0.6) is 0 Å². The summed E-state index contributed by atoms with van der Waals surface area (Å²) >= 11 is 1.16. The Morgan fingerprint density at radius 3 is 2.43 bits per heavy atom. The number of carbonyl (C=O) groups is 2. The van der Waals surface area contributed by atoms with E-state index in [4.69, 9.17) is 0 Å². The first-order valence-electron chi connectivity index (χ1n) is 7.98. The third kappa shape index (κ3) is 3.69. The van der Waals surface area contributed by atoms with Gasteiger partial charge < -0.3 is 0 Å². The number of Topliss-reactive ketones (excluding diaryl/α,β-unsaturated/α-hetero) is 2. The van der Waals surface area contributed by atoms with Crippen LogP contribution in [0.4, 0.5) is 5.69 Å². The molecule has 3 aromatic rings. The number of sulfone groups is 1. The third-order valence-electron chi connectivity index (χ3n) is 4.09. The first kappa shape index (κ1) is 19.8. The van der Waals surface area contributed by atoms with Gasteiger partial charge in [-0.3, -0.25) is 19.7 Å². The van der Waals surface area contributed by atoms with Crippen LogP contribution in [0.3, 0.4) is 0 Å². The normalized spacial score (nSPS) is 12.6. The maximum atomic E-state index is 13.0. The number of carbonyl (C=O) groups excluding carboxylic acids is 2. The maximum Gasteiger partial charge on any atom is 0.281 e. The molecule has 0 N–H and O–H groups in total. The summed E-state index contributed by atoms with van der Waals surface area (Å²) in [7, 11) is -3.70. The molecule has 1 heterocycles. The van der Waals surface area contributed by atoms with Crippen molar-refractivity contribution in [2.75, 3.05) is 6.26 Å². The molecular formula is C18H14N2O6S2. The SMILES string of the molecule is CC(=O)C(C(=O)c1ccc(S(C)(=O)=O)cc1[N+](=O)[O-])c1nc2ccccc2s1. The molecule has 0 bridgehead atoms. The van der Waals surface area contributed by atoms with Gasteiger partial charge in [0.2, 0.25) is 0 Å². The lowest BCUT2D eigenvalue weighted by molar-refractivity contribution is -0.385. The van der Waals surface area contributed by atoms with Crippen LogP contribution in [-0.4, -0.2) is 36.1 Å². The molecule has 1 atom stereocenters. The number of rotatable bonds is 6. The van der Waals surface area contributed by atoms with Crippen molar-refractivity contribution < 1.29 is 22.9 Å². The van der Waals surface area contributed by atoms with Crippen LogP contribution in [0.1, 0.15) is 28.2 Å². The largest absolute Gasteiger partial charge is 0.299 e. The van der Waals surface area contributed by atoms with Gasteiger partial charge in [0.25, 0.3) is 5.69 Å². The summed E-state index contributed by atoms with van der Waals surface area (Å²) in [6.07, 6.45) is 0.910. The van der Waals surface area contributed by atoms with Crippen LogP contribution >= 0.6 is 11.3 Å². The third-order valence-corrected chi connectivity index (χ3v) is 6.30. The Morgan fingerprint density at radius 1 is 1.18 bits per heavy atom. The number of benzene rings is 2. The molecule has 0 aliphatic rings. The van der Waals surface area contributed by atoms with Gasteiger partial charge in [-0.15, -0.1) is 11.3 Å².